The van der Waals surface area contributed by atoms with Crippen LogP contribution in [0.25, 0.3) is 0 Å². The maximum absolute atomic E-state index is 9.68. The first kappa shape index (κ1) is 14.5. The molecule has 0 fully saturated rings. The number of methoxy groups -OCH3 is 2. The molecule has 3 N–H and O–H groups in total. The standard InChI is InChI=1S/C15H15NO5/c1-20-14-4-3-9(5-15(14)21-2)16-8-11-12(18)6-10(17)7-13(11)19/h3-8,17-19H,1-2H3. The van der Waals surface area contributed by atoms with E-state index in [-0.39, 0.29) is 22.8 Å². The summed E-state index contributed by atoms with van der Waals surface area (Å²) in [5.41, 5.74) is 0.669. The lowest BCUT2D eigenvalue weighted by molar-refractivity contribution is 0.355. The van der Waals surface area contributed by atoms with Gasteiger partial charge in [0.1, 0.15) is 17.2 Å². The van der Waals surface area contributed by atoms with Crippen LogP contribution in [0.2, 0.25) is 0 Å². The number of hydrogen-bond acceptors (Lipinski definition) is 6. The second kappa shape index (κ2) is 6.04. The van der Waals surface area contributed by atoms with E-state index >= 15 is 0 Å². The zero-order valence-corrected chi connectivity index (χ0v) is 11.6. The van der Waals surface area contributed by atoms with Crippen LogP contribution in [0.1, 0.15) is 5.56 Å². The van der Waals surface area contributed by atoms with Crippen LogP contribution in [0.3, 0.4) is 0 Å². The summed E-state index contributed by atoms with van der Waals surface area (Å²) in [5.74, 6) is 0.333. The highest BCUT2D eigenvalue weighted by Crippen LogP contribution is 2.33. The number of aliphatic imine (C=N–C) groups is 1. The predicted molar refractivity (Wildman–Crippen MR) is 78.2 cm³/mol. The summed E-state index contributed by atoms with van der Waals surface area (Å²) < 4.78 is 10.3. The molecular formula is C15H15NO5. The number of ether oxygens (including phenoxy) is 2. The fourth-order valence-electron chi connectivity index (χ4n) is 1.79. The van der Waals surface area contributed by atoms with Gasteiger partial charge in [0.25, 0.3) is 0 Å². The number of rotatable bonds is 4. The Hall–Kier alpha value is -2.89. The number of hydrogen-bond donors (Lipinski definition) is 3. The lowest BCUT2D eigenvalue weighted by atomic mass is 10.2. The van der Waals surface area contributed by atoms with Crippen LogP contribution in [0.5, 0.6) is 28.7 Å². The monoisotopic (exact) mass is 289 g/mol. The summed E-state index contributed by atoms with van der Waals surface area (Å²) in [5, 5.41) is 28.6. The molecule has 6 heteroatoms. The van der Waals surface area contributed by atoms with E-state index in [0.717, 1.165) is 12.1 Å². The smallest absolute Gasteiger partial charge is 0.162 e. The third-order valence-electron chi connectivity index (χ3n) is 2.83. The summed E-state index contributed by atoms with van der Waals surface area (Å²) in [6.45, 7) is 0. The van der Waals surface area contributed by atoms with Crippen molar-refractivity contribution in [1.82, 2.24) is 0 Å². The zero-order chi connectivity index (χ0) is 15.4. The Bertz CT molecular complexity index is 659. The van der Waals surface area contributed by atoms with E-state index in [1.165, 1.54) is 20.4 Å². The van der Waals surface area contributed by atoms with Gasteiger partial charge in [0.15, 0.2) is 11.5 Å². The quantitative estimate of drug-likeness (QED) is 0.752. The van der Waals surface area contributed by atoms with Gasteiger partial charge >= 0.3 is 0 Å². The Kier molecular flexibility index (Phi) is 4.18. The molecule has 0 heterocycles. The molecule has 0 spiro atoms. The van der Waals surface area contributed by atoms with Gasteiger partial charge in [0, 0.05) is 24.4 Å². The van der Waals surface area contributed by atoms with E-state index < -0.39 is 0 Å². The number of phenolic OH excluding ortho intramolecular Hbond substituents is 3. The number of phenols is 3. The third-order valence-corrected chi connectivity index (χ3v) is 2.83. The molecule has 0 unspecified atom stereocenters. The Balaban J connectivity index is 2.34. The van der Waals surface area contributed by atoms with Crippen LogP contribution < -0.4 is 9.47 Å². The Morgan fingerprint density at radius 1 is 0.905 bits per heavy atom. The molecule has 0 bridgehead atoms. The van der Waals surface area contributed by atoms with Gasteiger partial charge in [-0.25, -0.2) is 0 Å². The van der Waals surface area contributed by atoms with E-state index in [9.17, 15) is 15.3 Å². The van der Waals surface area contributed by atoms with Crippen molar-refractivity contribution in [2.45, 2.75) is 0 Å². The van der Waals surface area contributed by atoms with Gasteiger partial charge in [-0.2, -0.15) is 0 Å². The van der Waals surface area contributed by atoms with Crippen LogP contribution in [0.4, 0.5) is 5.69 Å². The van der Waals surface area contributed by atoms with Gasteiger partial charge in [-0.3, -0.25) is 4.99 Å². The van der Waals surface area contributed by atoms with Crippen LogP contribution in [-0.4, -0.2) is 35.8 Å². The van der Waals surface area contributed by atoms with Crippen LogP contribution in [-0.2, 0) is 0 Å². The zero-order valence-electron chi connectivity index (χ0n) is 11.6. The molecule has 110 valence electrons. The van der Waals surface area contributed by atoms with Crippen molar-refractivity contribution >= 4 is 11.9 Å². The maximum atomic E-state index is 9.68. The van der Waals surface area contributed by atoms with Gasteiger partial charge in [0.2, 0.25) is 0 Å². The lowest BCUT2D eigenvalue weighted by Gasteiger charge is -2.07. The molecule has 0 aromatic heterocycles. The first-order valence-electron chi connectivity index (χ1n) is 6.06. The van der Waals surface area contributed by atoms with E-state index in [1.807, 2.05) is 0 Å². The molecule has 0 aliphatic carbocycles. The Morgan fingerprint density at radius 3 is 2.10 bits per heavy atom. The summed E-state index contributed by atoms with van der Waals surface area (Å²) >= 11 is 0. The number of benzene rings is 2. The topological polar surface area (TPSA) is 91.5 Å². The predicted octanol–water partition coefficient (Wildman–Crippen LogP) is 2.57. The molecule has 21 heavy (non-hydrogen) atoms. The molecule has 0 saturated heterocycles. The largest absolute Gasteiger partial charge is 0.508 e. The van der Waals surface area contributed by atoms with Gasteiger partial charge in [-0.15, -0.1) is 0 Å². The van der Waals surface area contributed by atoms with E-state index in [1.54, 1.807) is 18.2 Å². The minimum Gasteiger partial charge on any atom is -0.508 e. The third kappa shape index (κ3) is 3.17. The first-order chi connectivity index (χ1) is 10.0. The summed E-state index contributed by atoms with van der Waals surface area (Å²) in [4.78, 5) is 4.15. The molecular weight excluding hydrogens is 274 g/mol. The molecule has 0 radical (unpaired) electrons. The van der Waals surface area contributed by atoms with Gasteiger partial charge < -0.3 is 24.8 Å². The highest BCUT2D eigenvalue weighted by molar-refractivity contribution is 5.89. The van der Waals surface area contributed by atoms with Crippen molar-refractivity contribution in [2.75, 3.05) is 14.2 Å². The Labute approximate surface area is 121 Å². The molecule has 0 aliphatic heterocycles. The second-order valence-corrected chi connectivity index (χ2v) is 4.20. The Morgan fingerprint density at radius 2 is 1.52 bits per heavy atom. The molecule has 2 aromatic carbocycles. The minimum absolute atomic E-state index is 0.114. The fraction of sp³-hybridized carbons (Fsp3) is 0.133. The number of aromatic hydroxyl groups is 3. The van der Waals surface area contributed by atoms with Gasteiger partial charge in [-0.1, -0.05) is 0 Å². The van der Waals surface area contributed by atoms with Crippen molar-refractivity contribution in [1.29, 1.82) is 0 Å². The highest BCUT2D eigenvalue weighted by Gasteiger charge is 2.08. The number of nitrogens with zero attached hydrogens (tertiary/aromatic N) is 1. The molecule has 0 amide bonds. The van der Waals surface area contributed by atoms with Crippen LogP contribution in [0, 0.1) is 0 Å². The van der Waals surface area contributed by atoms with E-state index in [0.29, 0.717) is 17.2 Å². The lowest BCUT2D eigenvalue weighted by Crippen LogP contribution is -1.89. The molecule has 6 nitrogen and oxygen atoms in total. The second-order valence-electron chi connectivity index (χ2n) is 4.20. The fourth-order valence-corrected chi connectivity index (χ4v) is 1.79. The van der Waals surface area contributed by atoms with E-state index in [2.05, 4.69) is 4.99 Å². The summed E-state index contributed by atoms with van der Waals surface area (Å²) in [6, 6.07) is 7.30. The molecule has 0 saturated carbocycles. The highest BCUT2D eigenvalue weighted by atomic mass is 16.5. The van der Waals surface area contributed by atoms with Crippen LogP contribution >= 0.6 is 0 Å². The van der Waals surface area contributed by atoms with Crippen molar-refractivity contribution in [2.24, 2.45) is 4.99 Å². The minimum atomic E-state index is -0.267. The first-order valence-corrected chi connectivity index (χ1v) is 6.06. The average molecular weight is 289 g/mol. The van der Waals surface area contributed by atoms with Crippen molar-refractivity contribution in [3.63, 3.8) is 0 Å². The molecule has 0 aliphatic rings. The normalized spacial score (nSPS) is 10.8. The molecule has 2 aromatic rings. The SMILES string of the molecule is COc1ccc(N=Cc2c(O)cc(O)cc2O)cc1OC. The van der Waals surface area contributed by atoms with Gasteiger partial charge in [0.05, 0.1) is 25.5 Å². The van der Waals surface area contributed by atoms with Crippen molar-refractivity contribution < 1.29 is 24.8 Å². The molecule has 0 atom stereocenters. The van der Waals surface area contributed by atoms with Crippen LogP contribution in [0.15, 0.2) is 35.3 Å². The summed E-state index contributed by atoms with van der Waals surface area (Å²) in [6.07, 6.45) is 1.30. The average Bonchev–Trinajstić information content (AvgIpc) is 2.45. The molecule has 2 rings (SSSR count). The van der Waals surface area contributed by atoms with Gasteiger partial charge in [-0.05, 0) is 12.1 Å². The summed E-state index contributed by atoms with van der Waals surface area (Å²) in [7, 11) is 3.05. The van der Waals surface area contributed by atoms with Crippen molar-refractivity contribution in [3.8, 4) is 28.7 Å². The maximum Gasteiger partial charge on any atom is 0.162 e. The van der Waals surface area contributed by atoms with E-state index in [4.69, 9.17) is 9.47 Å². The van der Waals surface area contributed by atoms with Crippen molar-refractivity contribution in [3.05, 3.63) is 35.9 Å².